The van der Waals surface area contributed by atoms with Gasteiger partial charge in [0.2, 0.25) is 0 Å². The van der Waals surface area contributed by atoms with Crippen molar-refractivity contribution in [2.24, 2.45) is 23.7 Å². The van der Waals surface area contributed by atoms with Crippen LogP contribution in [0.1, 0.15) is 28.9 Å². The molecule has 1 aromatic rings. The number of hydrogen-bond acceptors (Lipinski definition) is 6. The summed E-state index contributed by atoms with van der Waals surface area (Å²) in [6.07, 6.45) is 6.28. The number of thiophene rings is 1. The Morgan fingerprint density at radius 1 is 1.38 bits per heavy atom. The van der Waals surface area contributed by atoms with Gasteiger partial charge in [0.25, 0.3) is 0 Å². The largest absolute Gasteiger partial charge is 0.465 e. The van der Waals surface area contributed by atoms with Crippen LogP contribution in [0, 0.1) is 23.7 Å². The van der Waals surface area contributed by atoms with E-state index in [4.69, 9.17) is 10.5 Å². The molecule has 3 aliphatic rings. The van der Waals surface area contributed by atoms with Gasteiger partial charge in [-0.25, -0.2) is 4.79 Å². The van der Waals surface area contributed by atoms with Crippen molar-refractivity contribution in [3.63, 3.8) is 0 Å². The number of carbonyl (C=O) groups excluding carboxylic acids is 1. The molecule has 0 aromatic carbocycles. The van der Waals surface area contributed by atoms with Gasteiger partial charge in [0.1, 0.15) is 9.88 Å². The van der Waals surface area contributed by atoms with Gasteiger partial charge in [-0.05, 0) is 49.2 Å². The lowest BCUT2D eigenvalue weighted by atomic mass is 10.0. The first kappa shape index (κ1) is 13.8. The molecule has 0 saturated heterocycles. The molecule has 6 heteroatoms. The number of carbonyl (C=O) groups is 1. The number of rotatable bonds is 4. The number of nitrogens with one attached hydrogen (secondary N) is 1. The molecule has 1 aromatic heterocycles. The first-order chi connectivity index (χ1) is 10.2. The Morgan fingerprint density at radius 3 is 2.62 bits per heavy atom. The zero-order chi connectivity index (χ0) is 14.7. The summed E-state index contributed by atoms with van der Waals surface area (Å²) in [6.45, 7) is 0. The van der Waals surface area contributed by atoms with Gasteiger partial charge in [-0.2, -0.15) is 0 Å². The molecule has 4 atom stereocenters. The van der Waals surface area contributed by atoms with Gasteiger partial charge in [-0.3, -0.25) is 0 Å². The molecule has 3 saturated carbocycles. The maximum absolute atomic E-state index is 11.8. The summed E-state index contributed by atoms with van der Waals surface area (Å²) in [7, 11) is 1.40. The van der Waals surface area contributed by atoms with E-state index < -0.39 is 0 Å². The summed E-state index contributed by atoms with van der Waals surface area (Å²) in [5.74, 6) is 3.27. The third kappa shape index (κ3) is 1.91. The molecule has 4 rings (SSSR count). The summed E-state index contributed by atoms with van der Waals surface area (Å²) >= 11 is 3.04. The highest BCUT2D eigenvalue weighted by Gasteiger charge is 2.65. The van der Waals surface area contributed by atoms with E-state index in [9.17, 15) is 4.79 Å². The van der Waals surface area contributed by atoms with E-state index in [0.717, 1.165) is 33.6 Å². The third-order valence-electron chi connectivity index (χ3n) is 5.51. The van der Waals surface area contributed by atoms with Crippen LogP contribution in [0.4, 0.5) is 10.7 Å². The maximum atomic E-state index is 11.8. The summed E-state index contributed by atoms with van der Waals surface area (Å²) in [6, 6.07) is 0.602. The second-order valence-electron chi connectivity index (χ2n) is 6.36. The lowest BCUT2D eigenvalue weighted by Gasteiger charge is -2.11. The zero-order valence-corrected chi connectivity index (χ0v) is 13.9. The summed E-state index contributed by atoms with van der Waals surface area (Å²) in [5.41, 5.74) is 6.68. The number of methoxy groups -OCH3 is 1. The smallest absolute Gasteiger partial charge is 0.350 e. The van der Waals surface area contributed by atoms with Crippen molar-refractivity contribution in [1.29, 1.82) is 0 Å². The van der Waals surface area contributed by atoms with Crippen molar-refractivity contribution in [2.75, 3.05) is 24.4 Å². The number of nitrogens with two attached hydrogens (primary N) is 1. The van der Waals surface area contributed by atoms with E-state index in [2.05, 4.69) is 5.32 Å². The number of ether oxygens (including phenoxy) is 1. The van der Waals surface area contributed by atoms with Crippen molar-refractivity contribution < 1.29 is 9.53 Å². The monoisotopic (exact) mass is 324 g/mol. The van der Waals surface area contributed by atoms with E-state index in [1.165, 1.54) is 37.7 Å². The molecule has 4 nitrogen and oxygen atoms in total. The molecule has 3 fully saturated rings. The fourth-order valence-corrected chi connectivity index (χ4v) is 6.63. The zero-order valence-electron chi connectivity index (χ0n) is 12.2. The van der Waals surface area contributed by atoms with E-state index in [1.807, 2.05) is 6.26 Å². The van der Waals surface area contributed by atoms with Gasteiger partial charge < -0.3 is 15.8 Å². The molecule has 3 N–H and O–H groups in total. The molecule has 0 radical (unpaired) electrons. The van der Waals surface area contributed by atoms with E-state index in [1.54, 1.807) is 11.8 Å². The Kier molecular flexibility index (Phi) is 3.15. The maximum Gasteiger partial charge on any atom is 0.350 e. The molecular formula is C15H20N2O2S2. The Bertz CT molecular complexity index is 585. The van der Waals surface area contributed by atoms with Crippen LogP contribution in [0.2, 0.25) is 0 Å². The molecule has 1 heterocycles. The summed E-state index contributed by atoms with van der Waals surface area (Å²) < 4.78 is 4.82. The average Bonchev–Trinajstić information content (AvgIpc) is 2.82. The minimum atomic E-state index is -0.336. The van der Waals surface area contributed by atoms with Crippen LogP contribution in [-0.4, -0.2) is 25.4 Å². The Hall–Kier alpha value is -0.880. The molecule has 4 unspecified atom stereocenters. The number of thioether (sulfide) groups is 1. The van der Waals surface area contributed by atoms with Crippen molar-refractivity contribution in [3.8, 4) is 0 Å². The van der Waals surface area contributed by atoms with Crippen LogP contribution in [0.25, 0.3) is 0 Å². The molecule has 0 amide bonds. The molecule has 3 aliphatic carbocycles. The van der Waals surface area contributed by atoms with Crippen LogP contribution in [0.15, 0.2) is 4.90 Å². The first-order valence-electron chi connectivity index (χ1n) is 7.46. The van der Waals surface area contributed by atoms with Crippen LogP contribution in [0.5, 0.6) is 0 Å². The summed E-state index contributed by atoms with van der Waals surface area (Å²) in [4.78, 5) is 13.3. The minimum Gasteiger partial charge on any atom is -0.465 e. The molecule has 21 heavy (non-hydrogen) atoms. The number of hydrogen-bond donors (Lipinski definition) is 2. The second-order valence-corrected chi connectivity index (χ2v) is 8.19. The topological polar surface area (TPSA) is 64.3 Å². The van der Waals surface area contributed by atoms with Crippen molar-refractivity contribution in [3.05, 3.63) is 4.88 Å². The predicted octanol–water partition coefficient (Wildman–Crippen LogP) is 3.30. The molecule has 0 aliphatic heterocycles. The highest BCUT2D eigenvalue weighted by atomic mass is 32.2. The number of fused-ring (bicyclic) bond motifs is 5. The van der Waals surface area contributed by atoms with Gasteiger partial charge in [0.05, 0.1) is 17.7 Å². The Labute approximate surface area is 132 Å². The average molecular weight is 324 g/mol. The highest BCUT2D eigenvalue weighted by Crippen LogP contribution is 2.66. The summed E-state index contributed by atoms with van der Waals surface area (Å²) in [5, 5.41) is 4.74. The van der Waals surface area contributed by atoms with Gasteiger partial charge in [0.15, 0.2) is 0 Å². The Morgan fingerprint density at radius 2 is 2.05 bits per heavy atom. The van der Waals surface area contributed by atoms with Crippen LogP contribution in [-0.2, 0) is 4.74 Å². The van der Waals surface area contributed by atoms with Crippen molar-refractivity contribution in [1.82, 2.24) is 0 Å². The standard InChI is InChI=1S/C15H20N2O2S2/c1-19-15(18)13-10(16)12(20-2)14(21-13)17-11-8-6-3-4-7(5-6)9(8)11/h6-9,11,17H,3-5,16H2,1-2H3. The SMILES string of the molecule is COC(=O)c1sc(NC2C3C4CCC(C4)C23)c(SC)c1N. The van der Waals surface area contributed by atoms with E-state index in [-0.39, 0.29) is 5.97 Å². The lowest BCUT2D eigenvalue weighted by molar-refractivity contribution is 0.0607. The van der Waals surface area contributed by atoms with Crippen LogP contribution >= 0.6 is 23.1 Å². The predicted molar refractivity (Wildman–Crippen MR) is 87.1 cm³/mol. The van der Waals surface area contributed by atoms with Crippen molar-refractivity contribution >= 4 is 39.8 Å². The quantitative estimate of drug-likeness (QED) is 0.657. The number of nitrogen functional groups attached to an aromatic ring is 1. The number of esters is 1. The Balaban J connectivity index is 1.57. The minimum absolute atomic E-state index is 0.336. The third-order valence-corrected chi connectivity index (χ3v) is 7.59. The molecule has 114 valence electrons. The first-order valence-corrected chi connectivity index (χ1v) is 9.51. The molecular weight excluding hydrogens is 304 g/mol. The normalized spacial score (nSPS) is 35.6. The van der Waals surface area contributed by atoms with E-state index >= 15 is 0 Å². The van der Waals surface area contributed by atoms with Gasteiger partial charge in [0, 0.05) is 6.04 Å². The lowest BCUT2D eigenvalue weighted by Crippen LogP contribution is -2.12. The van der Waals surface area contributed by atoms with E-state index in [0.29, 0.717) is 16.6 Å². The van der Waals surface area contributed by atoms with Gasteiger partial charge in [-0.1, -0.05) is 0 Å². The van der Waals surface area contributed by atoms with Gasteiger partial charge >= 0.3 is 5.97 Å². The fourth-order valence-electron chi connectivity index (χ4n) is 4.64. The van der Waals surface area contributed by atoms with Crippen LogP contribution in [0.3, 0.4) is 0 Å². The second kappa shape index (κ2) is 4.81. The fraction of sp³-hybridized carbons (Fsp3) is 0.667. The highest BCUT2D eigenvalue weighted by molar-refractivity contribution is 7.99. The van der Waals surface area contributed by atoms with Crippen molar-refractivity contribution in [2.45, 2.75) is 30.2 Å². The molecule has 0 spiro atoms. The van der Waals surface area contributed by atoms with Gasteiger partial charge in [-0.15, -0.1) is 23.1 Å². The van der Waals surface area contributed by atoms with Crippen LogP contribution < -0.4 is 11.1 Å². The molecule has 2 bridgehead atoms. The number of anilines is 2.